The third-order valence-electron chi connectivity index (χ3n) is 3.35. The van der Waals surface area contributed by atoms with Crippen LogP contribution in [0.5, 0.6) is 0 Å². The normalized spacial score (nSPS) is 18.1. The van der Waals surface area contributed by atoms with Crippen LogP contribution in [-0.2, 0) is 4.79 Å². The lowest BCUT2D eigenvalue weighted by atomic mass is 10.1. The molecule has 1 aliphatic heterocycles. The lowest BCUT2D eigenvalue weighted by Gasteiger charge is -2.33. The Morgan fingerprint density at radius 3 is 2.35 bits per heavy atom. The van der Waals surface area contributed by atoms with Crippen molar-refractivity contribution in [2.75, 3.05) is 53.4 Å². The largest absolute Gasteiger partial charge is 0.339 e. The van der Waals surface area contributed by atoms with E-state index in [1.54, 1.807) is 0 Å². The molecule has 1 heterocycles. The molecule has 0 atom stereocenters. The van der Waals surface area contributed by atoms with Crippen molar-refractivity contribution in [1.29, 1.82) is 0 Å². The number of carbonyl (C=O) groups is 1. The second-order valence-electron chi connectivity index (χ2n) is 5.60. The van der Waals surface area contributed by atoms with E-state index in [1.165, 1.54) is 0 Å². The first-order valence-corrected chi connectivity index (χ1v) is 6.64. The Kier molecular flexibility index (Phi) is 5.92. The van der Waals surface area contributed by atoms with Gasteiger partial charge in [-0.3, -0.25) is 9.69 Å². The van der Waals surface area contributed by atoms with E-state index in [-0.39, 0.29) is 5.91 Å². The fourth-order valence-electron chi connectivity index (χ4n) is 1.94. The van der Waals surface area contributed by atoms with Crippen LogP contribution in [0.4, 0.5) is 0 Å². The predicted molar refractivity (Wildman–Crippen MR) is 71.0 cm³/mol. The van der Waals surface area contributed by atoms with E-state index in [0.717, 1.165) is 39.1 Å². The molecular formula is C13H27N3O. The molecular weight excluding hydrogens is 214 g/mol. The van der Waals surface area contributed by atoms with Crippen LogP contribution in [0.15, 0.2) is 0 Å². The first kappa shape index (κ1) is 14.5. The lowest BCUT2D eigenvalue weighted by Crippen LogP contribution is -2.49. The van der Waals surface area contributed by atoms with Gasteiger partial charge in [0.2, 0.25) is 5.91 Å². The molecule has 0 bridgehead atoms. The Morgan fingerprint density at radius 1 is 1.24 bits per heavy atom. The molecule has 0 radical (unpaired) electrons. The number of amides is 1. The lowest BCUT2D eigenvalue weighted by molar-refractivity contribution is -0.133. The van der Waals surface area contributed by atoms with Gasteiger partial charge in [0.15, 0.2) is 0 Å². The molecule has 0 unspecified atom stereocenters. The third kappa shape index (κ3) is 5.50. The van der Waals surface area contributed by atoms with E-state index in [4.69, 9.17) is 0 Å². The fraction of sp³-hybridized carbons (Fsp3) is 0.923. The standard InChI is InChI=1S/C13H27N3O/c1-12(2)5-6-15(4)11-13(17)16-9-7-14(3)8-10-16/h12H,5-11H2,1-4H3. The molecule has 1 fully saturated rings. The summed E-state index contributed by atoms with van der Waals surface area (Å²) in [5.41, 5.74) is 0. The average molecular weight is 241 g/mol. The van der Waals surface area contributed by atoms with Gasteiger partial charge >= 0.3 is 0 Å². The van der Waals surface area contributed by atoms with Gasteiger partial charge in [-0.2, -0.15) is 0 Å². The van der Waals surface area contributed by atoms with Crippen molar-refractivity contribution in [2.24, 2.45) is 5.92 Å². The molecule has 100 valence electrons. The molecule has 0 N–H and O–H groups in total. The van der Waals surface area contributed by atoms with Crippen molar-refractivity contribution in [3.8, 4) is 0 Å². The molecule has 1 rings (SSSR count). The Balaban J connectivity index is 2.23. The van der Waals surface area contributed by atoms with Crippen molar-refractivity contribution >= 4 is 5.91 Å². The van der Waals surface area contributed by atoms with Gasteiger partial charge in [0, 0.05) is 26.2 Å². The third-order valence-corrected chi connectivity index (χ3v) is 3.35. The zero-order valence-corrected chi connectivity index (χ0v) is 11.8. The number of rotatable bonds is 5. The molecule has 0 spiro atoms. The first-order valence-electron chi connectivity index (χ1n) is 6.64. The van der Waals surface area contributed by atoms with Crippen LogP contribution in [-0.4, -0.2) is 74.0 Å². The molecule has 0 aromatic heterocycles. The van der Waals surface area contributed by atoms with Gasteiger partial charge in [0.1, 0.15) is 0 Å². The maximum absolute atomic E-state index is 12.0. The number of nitrogens with zero attached hydrogens (tertiary/aromatic N) is 3. The van der Waals surface area contributed by atoms with E-state index in [0.29, 0.717) is 12.5 Å². The summed E-state index contributed by atoms with van der Waals surface area (Å²) < 4.78 is 0. The molecule has 4 heteroatoms. The van der Waals surface area contributed by atoms with Crippen LogP contribution < -0.4 is 0 Å². The quantitative estimate of drug-likeness (QED) is 0.710. The van der Waals surface area contributed by atoms with Crippen LogP contribution in [0, 0.1) is 5.92 Å². The second-order valence-corrected chi connectivity index (χ2v) is 5.60. The molecule has 17 heavy (non-hydrogen) atoms. The highest BCUT2D eigenvalue weighted by atomic mass is 16.2. The van der Waals surface area contributed by atoms with E-state index in [2.05, 4.69) is 30.7 Å². The first-order chi connectivity index (χ1) is 7.99. The van der Waals surface area contributed by atoms with Gasteiger partial charge in [-0.25, -0.2) is 0 Å². The molecule has 4 nitrogen and oxygen atoms in total. The van der Waals surface area contributed by atoms with Gasteiger partial charge in [-0.05, 0) is 33.0 Å². The van der Waals surface area contributed by atoms with Gasteiger partial charge < -0.3 is 9.80 Å². The summed E-state index contributed by atoms with van der Waals surface area (Å²) in [7, 11) is 4.15. The predicted octanol–water partition coefficient (Wildman–Crippen LogP) is 0.738. The summed E-state index contributed by atoms with van der Waals surface area (Å²) in [5.74, 6) is 0.987. The minimum Gasteiger partial charge on any atom is -0.339 e. The highest BCUT2D eigenvalue weighted by Crippen LogP contribution is 2.03. The van der Waals surface area contributed by atoms with Crippen LogP contribution in [0.3, 0.4) is 0 Å². The second kappa shape index (κ2) is 6.97. The summed E-state index contributed by atoms with van der Waals surface area (Å²) in [6, 6.07) is 0. The van der Waals surface area contributed by atoms with E-state index in [1.807, 2.05) is 11.9 Å². The molecule has 1 saturated heterocycles. The molecule has 0 aromatic rings. The Labute approximate surface area is 106 Å². The van der Waals surface area contributed by atoms with Crippen molar-refractivity contribution in [3.05, 3.63) is 0 Å². The zero-order valence-electron chi connectivity index (χ0n) is 11.8. The highest BCUT2D eigenvalue weighted by Gasteiger charge is 2.19. The minimum atomic E-state index is 0.282. The number of piperazine rings is 1. The fourth-order valence-corrected chi connectivity index (χ4v) is 1.94. The van der Waals surface area contributed by atoms with Crippen LogP contribution in [0.2, 0.25) is 0 Å². The van der Waals surface area contributed by atoms with Crippen molar-refractivity contribution < 1.29 is 4.79 Å². The smallest absolute Gasteiger partial charge is 0.236 e. The number of hydrogen-bond acceptors (Lipinski definition) is 3. The number of hydrogen-bond donors (Lipinski definition) is 0. The average Bonchev–Trinajstić information content (AvgIpc) is 2.27. The maximum atomic E-state index is 12.0. The van der Waals surface area contributed by atoms with Crippen molar-refractivity contribution in [1.82, 2.24) is 14.7 Å². The number of carbonyl (C=O) groups excluding carboxylic acids is 1. The van der Waals surface area contributed by atoms with Crippen molar-refractivity contribution in [3.63, 3.8) is 0 Å². The summed E-state index contributed by atoms with van der Waals surface area (Å²) in [6.07, 6.45) is 1.16. The summed E-state index contributed by atoms with van der Waals surface area (Å²) in [5, 5.41) is 0. The Bertz CT molecular complexity index is 235. The van der Waals surface area contributed by atoms with Crippen LogP contribution in [0.25, 0.3) is 0 Å². The van der Waals surface area contributed by atoms with Gasteiger partial charge in [-0.15, -0.1) is 0 Å². The monoisotopic (exact) mass is 241 g/mol. The highest BCUT2D eigenvalue weighted by molar-refractivity contribution is 5.78. The van der Waals surface area contributed by atoms with E-state index < -0.39 is 0 Å². The Hall–Kier alpha value is -0.610. The minimum absolute atomic E-state index is 0.282. The molecule has 0 aliphatic carbocycles. The topological polar surface area (TPSA) is 26.8 Å². The van der Waals surface area contributed by atoms with Gasteiger partial charge in [0.05, 0.1) is 6.54 Å². The van der Waals surface area contributed by atoms with E-state index in [9.17, 15) is 4.79 Å². The Morgan fingerprint density at radius 2 is 1.82 bits per heavy atom. The van der Waals surface area contributed by atoms with Crippen LogP contribution >= 0.6 is 0 Å². The maximum Gasteiger partial charge on any atom is 0.236 e. The summed E-state index contributed by atoms with van der Waals surface area (Å²) in [4.78, 5) is 18.4. The SMILES string of the molecule is CC(C)CCN(C)CC(=O)N1CCN(C)CC1. The van der Waals surface area contributed by atoms with Crippen molar-refractivity contribution in [2.45, 2.75) is 20.3 Å². The van der Waals surface area contributed by atoms with Gasteiger partial charge in [-0.1, -0.05) is 13.8 Å². The van der Waals surface area contributed by atoms with Crippen LogP contribution in [0.1, 0.15) is 20.3 Å². The van der Waals surface area contributed by atoms with E-state index >= 15 is 0 Å². The molecule has 0 aromatic carbocycles. The molecule has 1 aliphatic rings. The molecule has 0 saturated carbocycles. The number of likely N-dealkylation sites (N-methyl/N-ethyl adjacent to an activating group) is 2. The zero-order chi connectivity index (χ0) is 12.8. The van der Waals surface area contributed by atoms with Gasteiger partial charge in [0.25, 0.3) is 0 Å². The summed E-state index contributed by atoms with van der Waals surface area (Å²) in [6.45, 7) is 9.78. The molecule has 1 amide bonds. The summed E-state index contributed by atoms with van der Waals surface area (Å²) >= 11 is 0.